The van der Waals surface area contributed by atoms with E-state index in [0.29, 0.717) is 6.04 Å². The molecule has 0 saturated carbocycles. The highest BCUT2D eigenvalue weighted by Crippen LogP contribution is 2.30. The minimum Gasteiger partial charge on any atom is -0.381 e. The predicted octanol–water partition coefficient (Wildman–Crippen LogP) is 3.14. The van der Waals surface area contributed by atoms with Gasteiger partial charge in [0.15, 0.2) is 0 Å². The standard InChI is InChI=1S/C17H23N3/c1-17(2,12-18)13-5-7-14(8-6-13)19-15-9-11-20-10-3-4-16(15)20/h5-8,15-16,19H,3-4,9-11H2,1-2H3. The number of hydrogen-bond donors (Lipinski definition) is 1. The first-order valence-corrected chi connectivity index (χ1v) is 7.62. The van der Waals surface area contributed by atoms with E-state index in [2.05, 4.69) is 40.6 Å². The van der Waals surface area contributed by atoms with E-state index in [1.165, 1.54) is 38.0 Å². The number of nitrogens with zero attached hydrogens (tertiary/aromatic N) is 2. The van der Waals surface area contributed by atoms with Crippen LogP contribution in [0.1, 0.15) is 38.7 Å². The lowest BCUT2D eigenvalue weighted by Gasteiger charge is -2.23. The van der Waals surface area contributed by atoms with Crippen LogP contribution < -0.4 is 5.32 Å². The van der Waals surface area contributed by atoms with Crippen LogP contribution in [0.15, 0.2) is 24.3 Å². The number of benzene rings is 1. The smallest absolute Gasteiger partial charge is 0.0766 e. The van der Waals surface area contributed by atoms with Crippen molar-refractivity contribution >= 4 is 5.69 Å². The summed E-state index contributed by atoms with van der Waals surface area (Å²) in [5.74, 6) is 0. The molecule has 106 valence electrons. The van der Waals surface area contributed by atoms with Gasteiger partial charge in [0.2, 0.25) is 0 Å². The number of anilines is 1. The van der Waals surface area contributed by atoms with Crippen molar-refractivity contribution in [2.24, 2.45) is 0 Å². The molecule has 3 heteroatoms. The fourth-order valence-corrected chi connectivity index (χ4v) is 3.51. The van der Waals surface area contributed by atoms with Gasteiger partial charge in [-0.3, -0.25) is 4.90 Å². The van der Waals surface area contributed by atoms with Crippen LogP contribution in [0.4, 0.5) is 5.69 Å². The number of hydrogen-bond acceptors (Lipinski definition) is 3. The van der Waals surface area contributed by atoms with Gasteiger partial charge in [0, 0.05) is 24.3 Å². The van der Waals surface area contributed by atoms with Crippen LogP contribution in [0.3, 0.4) is 0 Å². The summed E-state index contributed by atoms with van der Waals surface area (Å²) in [5, 5.41) is 12.9. The van der Waals surface area contributed by atoms with Gasteiger partial charge in [-0.2, -0.15) is 5.26 Å². The molecule has 1 aromatic rings. The zero-order valence-corrected chi connectivity index (χ0v) is 12.4. The van der Waals surface area contributed by atoms with Gasteiger partial charge in [0.1, 0.15) is 0 Å². The van der Waals surface area contributed by atoms with E-state index in [1.54, 1.807) is 0 Å². The van der Waals surface area contributed by atoms with Gasteiger partial charge < -0.3 is 5.32 Å². The van der Waals surface area contributed by atoms with Crippen LogP contribution in [0.25, 0.3) is 0 Å². The van der Waals surface area contributed by atoms with Crippen molar-refractivity contribution in [2.45, 2.75) is 50.6 Å². The highest BCUT2D eigenvalue weighted by molar-refractivity contribution is 5.48. The van der Waals surface area contributed by atoms with Crippen LogP contribution in [0.5, 0.6) is 0 Å². The second kappa shape index (κ2) is 5.10. The Morgan fingerprint density at radius 1 is 1.20 bits per heavy atom. The molecule has 1 aromatic carbocycles. The van der Waals surface area contributed by atoms with E-state index >= 15 is 0 Å². The van der Waals surface area contributed by atoms with Crippen molar-refractivity contribution < 1.29 is 0 Å². The van der Waals surface area contributed by atoms with Gasteiger partial charge in [0.25, 0.3) is 0 Å². The summed E-state index contributed by atoms with van der Waals surface area (Å²) in [5.41, 5.74) is 1.86. The van der Waals surface area contributed by atoms with Crippen LogP contribution in [0, 0.1) is 11.3 Å². The maximum Gasteiger partial charge on any atom is 0.0766 e. The summed E-state index contributed by atoms with van der Waals surface area (Å²) in [6.07, 6.45) is 3.92. The molecule has 2 saturated heterocycles. The van der Waals surface area contributed by atoms with E-state index in [4.69, 9.17) is 0 Å². The van der Waals surface area contributed by atoms with E-state index in [0.717, 1.165) is 11.6 Å². The second-order valence-electron chi connectivity index (χ2n) is 6.60. The molecule has 0 amide bonds. The molecule has 2 unspecified atom stereocenters. The van der Waals surface area contributed by atoms with E-state index in [1.807, 2.05) is 13.8 Å². The Morgan fingerprint density at radius 3 is 2.65 bits per heavy atom. The number of rotatable bonds is 3. The lowest BCUT2D eigenvalue weighted by Crippen LogP contribution is -2.33. The molecule has 20 heavy (non-hydrogen) atoms. The van der Waals surface area contributed by atoms with Gasteiger partial charge in [-0.15, -0.1) is 0 Å². The minimum absolute atomic E-state index is 0.409. The summed E-state index contributed by atoms with van der Waals surface area (Å²) < 4.78 is 0. The molecule has 2 atom stereocenters. The monoisotopic (exact) mass is 269 g/mol. The molecule has 2 fully saturated rings. The van der Waals surface area contributed by atoms with Crippen molar-refractivity contribution in [1.82, 2.24) is 4.90 Å². The zero-order chi connectivity index (χ0) is 14.2. The summed E-state index contributed by atoms with van der Waals surface area (Å²) in [6, 6.07) is 12.1. The van der Waals surface area contributed by atoms with Crippen LogP contribution in [-0.2, 0) is 5.41 Å². The molecule has 0 aromatic heterocycles. The third-order valence-electron chi connectivity index (χ3n) is 4.84. The molecule has 0 aliphatic carbocycles. The van der Waals surface area contributed by atoms with E-state index < -0.39 is 5.41 Å². The van der Waals surface area contributed by atoms with Crippen molar-refractivity contribution in [3.8, 4) is 6.07 Å². The molecular weight excluding hydrogens is 246 g/mol. The lowest BCUT2D eigenvalue weighted by atomic mass is 9.86. The molecule has 3 rings (SSSR count). The average molecular weight is 269 g/mol. The number of nitriles is 1. The van der Waals surface area contributed by atoms with E-state index in [-0.39, 0.29) is 0 Å². The summed E-state index contributed by atoms with van der Waals surface area (Å²) in [7, 11) is 0. The first kappa shape index (κ1) is 13.5. The Bertz CT molecular complexity index is 512. The zero-order valence-electron chi connectivity index (χ0n) is 12.4. The number of fused-ring (bicyclic) bond motifs is 1. The van der Waals surface area contributed by atoms with Gasteiger partial charge >= 0.3 is 0 Å². The Hall–Kier alpha value is -1.53. The predicted molar refractivity (Wildman–Crippen MR) is 81.7 cm³/mol. The first-order chi connectivity index (χ1) is 9.60. The van der Waals surface area contributed by atoms with Crippen molar-refractivity contribution in [2.75, 3.05) is 18.4 Å². The molecular formula is C17H23N3. The third kappa shape index (κ3) is 2.41. The van der Waals surface area contributed by atoms with Crippen molar-refractivity contribution in [3.63, 3.8) is 0 Å². The Kier molecular flexibility index (Phi) is 3.43. The Balaban J connectivity index is 1.68. The highest BCUT2D eigenvalue weighted by atomic mass is 15.2. The van der Waals surface area contributed by atoms with E-state index in [9.17, 15) is 5.26 Å². The van der Waals surface area contributed by atoms with Gasteiger partial charge in [-0.25, -0.2) is 0 Å². The normalized spacial score (nSPS) is 26.2. The third-order valence-corrected chi connectivity index (χ3v) is 4.84. The summed E-state index contributed by atoms with van der Waals surface area (Å²) in [4.78, 5) is 2.62. The molecule has 2 heterocycles. The molecule has 0 radical (unpaired) electrons. The van der Waals surface area contributed by atoms with Gasteiger partial charge in [-0.05, 0) is 57.4 Å². The molecule has 2 aliphatic rings. The summed E-state index contributed by atoms with van der Waals surface area (Å²) >= 11 is 0. The molecule has 3 nitrogen and oxygen atoms in total. The fourth-order valence-electron chi connectivity index (χ4n) is 3.51. The number of nitrogens with one attached hydrogen (secondary N) is 1. The molecule has 0 bridgehead atoms. The van der Waals surface area contributed by atoms with Gasteiger partial charge in [0.05, 0.1) is 11.5 Å². The van der Waals surface area contributed by atoms with Gasteiger partial charge in [-0.1, -0.05) is 12.1 Å². The van der Waals surface area contributed by atoms with Crippen LogP contribution in [0.2, 0.25) is 0 Å². The fraction of sp³-hybridized carbons (Fsp3) is 0.588. The minimum atomic E-state index is -0.409. The molecule has 1 N–H and O–H groups in total. The topological polar surface area (TPSA) is 39.1 Å². The summed E-state index contributed by atoms with van der Waals surface area (Å²) in [6.45, 7) is 6.44. The first-order valence-electron chi connectivity index (χ1n) is 7.62. The second-order valence-corrected chi connectivity index (χ2v) is 6.60. The SMILES string of the molecule is CC(C)(C#N)c1ccc(NC2CCN3CCCC23)cc1. The van der Waals surface area contributed by atoms with Crippen LogP contribution >= 0.6 is 0 Å². The quantitative estimate of drug-likeness (QED) is 0.916. The van der Waals surface area contributed by atoms with Crippen LogP contribution in [-0.4, -0.2) is 30.1 Å². The largest absolute Gasteiger partial charge is 0.381 e. The molecule has 2 aliphatic heterocycles. The average Bonchev–Trinajstić information content (AvgIpc) is 3.04. The highest BCUT2D eigenvalue weighted by Gasteiger charge is 2.36. The Morgan fingerprint density at radius 2 is 1.95 bits per heavy atom. The molecule has 0 spiro atoms. The van der Waals surface area contributed by atoms with Crippen molar-refractivity contribution in [3.05, 3.63) is 29.8 Å². The van der Waals surface area contributed by atoms with Crippen molar-refractivity contribution in [1.29, 1.82) is 5.26 Å². The maximum absolute atomic E-state index is 9.18. The Labute approximate surface area is 121 Å². The maximum atomic E-state index is 9.18. The lowest BCUT2D eigenvalue weighted by molar-refractivity contribution is 0.318.